The standard InChI is InChI=1S/C15H28O2.C2H6.CH4/c1-13(2)7-5-8-14(3)11(13)6-9-15(4,17)12(14)10-16;1-2;/h11-12,16-17H,5-10H2,1-4H3;1-2H3;1H4. The molecule has 0 aromatic heterocycles. The Bertz CT molecular complexity index is 284. The monoisotopic (exact) mass is 286 g/mol. The van der Waals surface area contributed by atoms with Gasteiger partial charge in [0.2, 0.25) is 0 Å². The molecule has 4 atom stereocenters. The van der Waals surface area contributed by atoms with Crippen LogP contribution in [0.2, 0.25) is 0 Å². The molecule has 0 aromatic carbocycles. The summed E-state index contributed by atoms with van der Waals surface area (Å²) < 4.78 is 0. The average molecular weight is 286 g/mol. The van der Waals surface area contributed by atoms with Gasteiger partial charge in [-0.25, -0.2) is 0 Å². The topological polar surface area (TPSA) is 40.5 Å². The molecule has 0 saturated heterocycles. The largest absolute Gasteiger partial charge is 0.396 e. The van der Waals surface area contributed by atoms with Crippen molar-refractivity contribution in [3.63, 3.8) is 0 Å². The van der Waals surface area contributed by atoms with Gasteiger partial charge in [-0.05, 0) is 49.4 Å². The molecule has 4 unspecified atom stereocenters. The minimum atomic E-state index is -0.687. The van der Waals surface area contributed by atoms with Gasteiger partial charge in [0.05, 0.1) is 5.60 Å². The lowest BCUT2D eigenvalue weighted by atomic mass is 9.46. The molecule has 2 aliphatic carbocycles. The number of rotatable bonds is 1. The third kappa shape index (κ3) is 3.22. The van der Waals surface area contributed by atoms with E-state index in [9.17, 15) is 10.2 Å². The van der Waals surface area contributed by atoms with Crippen molar-refractivity contribution in [2.24, 2.45) is 22.7 Å². The van der Waals surface area contributed by atoms with Crippen LogP contribution in [0.25, 0.3) is 0 Å². The first-order chi connectivity index (χ1) is 8.74. The summed E-state index contributed by atoms with van der Waals surface area (Å²) in [7, 11) is 0. The van der Waals surface area contributed by atoms with Gasteiger partial charge >= 0.3 is 0 Å². The van der Waals surface area contributed by atoms with Gasteiger partial charge in [-0.2, -0.15) is 0 Å². The quantitative estimate of drug-likeness (QED) is 0.737. The van der Waals surface area contributed by atoms with E-state index in [0.717, 1.165) is 19.3 Å². The fourth-order valence-electron chi connectivity index (χ4n) is 5.03. The van der Waals surface area contributed by atoms with Crippen LogP contribution in [-0.2, 0) is 0 Å². The third-order valence-electron chi connectivity index (χ3n) is 5.94. The molecule has 0 aliphatic heterocycles. The number of hydrogen-bond acceptors (Lipinski definition) is 2. The van der Waals surface area contributed by atoms with E-state index < -0.39 is 5.60 Å². The molecule has 2 saturated carbocycles. The molecule has 2 aliphatic rings. The van der Waals surface area contributed by atoms with Crippen molar-refractivity contribution in [3.8, 4) is 0 Å². The molecule has 2 rings (SSSR count). The molecule has 122 valence electrons. The van der Waals surface area contributed by atoms with Crippen LogP contribution >= 0.6 is 0 Å². The minimum Gasteiger partial charge on any atom is -0.396 e. The molecule has 2 N–H and O–H groups in total. The van der Waals surface area contributed by atoms with E-state index in [1.54, 1.807) is 0 Å². The number of aliphatic hydroxyl groups excluding tert-OH is 1. The Morgan fingerprint density at radius 2 is 1.55 bits per heavy atom. The van der Waals surface area contributed by atoms with Crippen LogP contribution in [0.1, 0.15) is 81.1 Å². The Balaban J connectivity index is 0.00000115. The second-order valence-corrected chi connectivity index (χ2v) is 7.53. The molecule has 0 spiro atoms. The summed E-state index contributed by atoms with van der Waals surface area (Å²) in [6.07, 6.45) is 5.61. The van der Waals surface area contributed by atoms with Gasteiger partial charge in [-0.1, -0.05) is 48.5 Å². The van der Waals surface area contributed by atoms with Crippen molar-refractivity contribution >= 4 is 0 Å². The predicted octanol–water partition coefficient (Wildman–Crippen LogP) is 4.63. The lowest BCUT2D eigenvalue weighted by Gasteiger charge is -2.60. The summed E-state index contributed by atoms with van der Waals surface area (Å²) in [6, 6.07) is 0. The van der Waals surface area contributed by atoms with Crippen molar-refractivity contribution in [1.82, 2.24) is 0 Å². The second-order valence-electron chi connectivity index (χ2n) is 7.53. The van der Waals surface area contributed by atoms with E-state index in [4.69, 9.17) is 0 Å². The first-order valence-electron chi connectivity index (χ1n) is 8.07. The maximum Gasteiger partial charge on any atom is 0.0675 e. The van der Waals surface area contributed by atoms with Crippen LogP contribution in [0.5, 0.6) is 0 Å². The van der Waals surface area contributed by atoms with Crippen LogP contribution in [0.15, 0.2) is 0 Å². The molecule has 2 fully saturated rings. The van der Waals surface area contributed by atoms with Crippen LogP contribution in [0.3, 0.4) is 0 Å². The highest BCUT2D eigenvalue weighted by Gasteiger charge is 2.57. The van der Waals surface area contributed by atoms with Gasteiger partial charge in [0.1, 0.15) is 0 Å². The number of aliphatic hydroxyl groups is 2. The summed E-state index contributed by atoms with van der Waals surface area (Å²) in [5.41, 5.74) is -0.220. The molecular formula is C18H38O2. The molecule has 0 heterocycles. The zero-order valence-corrected chi connectivity index (χ0v) is 13.8. The Kier molecular flexibility index (Phi) is 6.76. The smallest absolute Gasteiger partial charge is 0.0675 e. The molecule has 2 nitrogen and oxygen atoms in total. The predicted molar refractivity (Wildman–Crippen MR) is 87.7 cm³/mol. The summed E-state index contributed by atoms with van der Waals surface area (Å²) in [4.78, 5) is 0. The fraction of sp³-hybridized carbons (Fsp3) is 1.00. The Morgan fingerprint density at radius 1 is 1.00 bits per heavy atom. The van der Waals surface area contributed by atoms with Crippen LogP contribution < -0.4 is 0 Å². The summed E-state index contributed by atoms with van der Waals surface area (Å²) >= 11 is 0. The van der Waals surface area contributed by atoms with Gasteiger partial charge in [0, 0.05) is 12.5 Å². The lowest BCUT2D eigenvalue weighted by Crippen LogP contribution is -2.58. The maximum atomic E-state index is 10.5. The molecule has 0 radical (unpaired) electrons. The number of fused-ring (bicyclic) bond motifs is 1. The highest BCUT2D eigenvalue weighted by Crippen LogP contribution is 2.61. The molecule has 0 aromatic rings. The SMILES string of the molecule is C.CC.CC1(C)CCCC2(C)C1CCC(C)(O)C2CO. The Morgan fingerprint density at radius 3 is 2.05 bits per heavy atom. The van der Waals surface area contributed by atoms with Crippen molar-refractivity contribution in [2.75, 3.05) is 6.61 Å². The van der Waals surface area contributed by atoms with E-state index in [2.05, 4.69) is 20.8 Å². The molecule has 2 heteroatoms. The fourth-order valence-corrected chi connectivity index (χ4v) is 5.03. The second kappa shape index (κ2) is 6.79. The maximum absolute atomic E-state index is 10.5. The summed E-state index contributed by atoms with van der Waals surface area (Å²) in [5, 5.41) is 20.3. The van der Waals surface area contributed by atoms with E-state index in [-0.39, 0.29) is 25.4 Å². The van der Waals surface area contributed by atoms with Gasteiger partial charge in [-0.15, -0.1) is 0 Å². The van der Waals surface area contributed by atoms with Gasteiger partial charge in [0.25, 0.3) is 0 Å². The van der Waals surface area contributed by atoms with E-state index in [1.807, 2.05) is 20.8 Å². The normalized spacial score (nSPS) is 42.6. The highest BCUT2D eigenvalue weighted by atomic mass is 16.3. The first-order valence-corrected chi connectivity index (χ1v) is 8.07. The first kappa shape index (κ1) is 19.9. The highest BCUT2D eigenvalue weighted by molar-refractivity contribution is 5.07. The average Bonchev–Trinajstić information content (AvgIpc) is 2.29. The van der Waals surface area contributed by atoms with Crippen LogP contribution in [-0.4, -0.2) is 22.4 Å². The molecular weight excluding hydrogens is 248 g/mol. The Hall–Kier alpha value is -0.0800. The number of hydrogen-bond donors (Lipinski definition) is 2. The van der Waals surface area contributed by atoms with Gasteiger partial charge < -0.3 is 10.2 Å². The Labute approximate surface area is 127 Å². The zero-order valence-electron chi connectivity index (χ0n) is 13.8. The van der Waals surface area contributed by atoms with E-state index in [0.29, 0.717) is 11.3 Å². The third-order valence-corrected chi connectivity index (χ3v) is 5.94. The molecule has 0 amide bonds. The van der Waals surface area contributed by atoms with Crippen molar-refractivity contribution < 1.29 is 10.2 Å². The molecule has 20 heavy (non-hydrogen) atoms. The summed E-state index contributed by atoms with van der Waals surface area (Å²) in [5.74, 6) is 0.675. The lowest BCUT2D eigenvalue weighted by molar-refractivity contribution is -0.178. The van der Waals surface area contributed by atoms with E-state index >= 15 is 0 Å². The van der Waals surface area contributed by atoms with Crippen molar-refractivity contribution in [3.05, 3.63) is 0 Å². The van der Waals surface area contributed by atoms with Crippen molar-refractivity contribution in [2.45, 2.75) is 86.7 Å². The van der Waals surface area contributed by atoms with Crippen molar-refractivity contribution in [1.29, 1.82) is 0 Å². The minimum absolute atomic E-state index is 0. The molecule has 0 bridgehead atoms. The zero-order chi connectivity index (χ0) is 14.9. The van der Waals surface area contributed by atoms with Crippen LogP contribution in [0.4, 0.5) is 0 Å². The summed E-state index contributed by atoms with van der Waals surface area (Å²) in [6.45, 7) is 13.1. The van der Waals surface area contributed by atoms with Gasteiger partial charge in [0.15, 0.2) is 0 Å². The van der Waals surface area contributed by atoms with Crippen LogP contribution in [0, 0.1) is 22.7 Å². The van der Waals surface area contributed by atoms with E-state index in [1.165, 1.54) is 12.8 Å². The van der Waals surface area contributed by atoms with Gasteiger partial charge in [-0.3, -0.25) is 0 Å².